The highest BCUT2D eigenvalue weighted by Crippen LogP contribution is 2.34. The standard InChI is InChI=1S/C20H15ClFNO5S/c1-27-20(24)13-7-9-16(22)19(11-13)29(25,26)23-17-12-14(21)8-10-18(17)28-15-5-3-2-4-6-15/h2-12,23H,1H3. The van der Waals surface area contributed by atoms with Crippen LogP contribution >= 0.6 is 11.6 Å². The van der Waals surface area contributed by atoms with Gasteiger partial charge in [0.25, 0.3) is 10.0 Å². The number of ether oxygens (including phenoxy) is 2. The van der Waals surface area contributed by atoms with Gasteiger partial charge in [-0.05, 0) is 48.5 Å². The fourth-order valence-corrected chi connectivity index (χ4v) is 3.78. The Morgan fingerprint density at radius 2 is 1.76 bits per heavy atom. The molecule has 1 N–H and O–H groups in total. The fourth-order valence-electron chi connectivity index (χ4n) is 2.44. The van der Waals surface area contributed by atoms with Crippen LogP contribution in [0.1, 0.15) is 10.4 Å². The van der Waals surface area contributed by atoms with E-state index in [0.29, 0.717) is 5.75 Å². The molecule has 9 heteroatoms. The molecular formula is C20H15ClFNO5S. The molecule has 0 aliphatic carbocycles. The molecule has 0 bridgehead atoms. The third kappa shape index (κ3) is 4.85. The second-order valence-corrected chi connectivity index (χ2v) is 7.89. The summed E-state index contributed by atoms with van der Waals surface area (Å²) in [6.07, 6.45) is 0. The van der Waals surface area contributed by atoms with Crippen LogP contribution in [0.15, 0.2) is 71.6 Å². The monoisotopic (exact) mass is 435 g/mol. The highest BCUT2D eigenvalue weighted by Gasteiger charge is 2.23. The van der Waals surface area contributed by atoms with E-state index >= 15 is 0 Å². The number of carbonyl (C=O) groups excluding carboxylic acids is 1. The minimum absolute atomic E-state index is 0.00391. The Morgan fingerprint density at radius 3 is 2.45 bits per heavy atom. The summed E-state index contributed by atoms with van der Waals surface area (Å²) in [5.41, 5.74) is -0.106. The van der Waals surface area contributed by atoms with E-state index in [2.05, 4.69) is 9.46 Å². The first-order valence-electron chi connectivity index (χ1n) is 8.23. The SMILES string of the molecule is COC(=O)c1ccc(F)c(S(=O)(=O)Nc2cc(Cl)ccc2Oc2ccccc2)c1. The average Bonchev–Trinajstić information content (AvgIpc) is 2.70. The maximum Gasteiger partial charge on any atom is 0.337 e. The van der Waals surface area contributed by atoms with E-state index in [4.69, 9.17) is 16.3 Å². The van der Waals surface area contributed by atoms with Gasteiger partial charge in [0, 0.05) is 5.02 Å². The van der Waals surface area contributed by atoms with Crippen LogP contribution in [0.5, 0.6) is 11.5 Å². The van der Waals surface area contributed by atoms with Crippen molar-refractivity contribution < 1.29 is 27.1 Å². The summed E-state index contributed by atoms with van der Waals surface area (Å²) in [5, 5.41) is 0.242. The molecular weight excluding hydrogens is 421 g/mol. The normalized spacial score (nSPS) is 11.0. The molecule has 0 unspecified atom stereocenters. The third-order valence-electron chi connectivity index (χ3n) is 3.80. The van der Waals surface area contributed by atoms with Gasteiger partial charge < -0.3 is 9.47 Å². The first-order chi connectivity index (χ1) is 13.8. The van der Waals surface area contributed by atoms with Crippen LogP contribution in [0.4, 0.5) is 10.1 Å². The van der Waals surface area contributed by atoms with Crippen molar-refractivity contribution in [1.82, 2.24) is 0 Å². The molecule has 0 fully saturated rings. The smallest absolute Gasteiger partial charge is 0.337 e. The van der Waals surface area contributed by atoms with Gasteiger partial charge in [-0.15, -0.1) is 0 Å². The highest BCUT2D eigenvalue weighted by atomic mass is 35.5. The summed E-state index contributed by atoms with van der Waals surface area (Å²) < 4.78 is 52.3. The number of benzene rings is 3. The van der Waals surface area contributed by atoms with Gasteiger partial charge in [-0.3, -0.25) is 4.72 Å². The summed E-state index contributed by atoms with van der Waals surface area (Å²) in [6.45, 7) is 0. The average molecular weight is 436 g/mol. The second-order valence-electron chi connectivity index (χ2n) is 5.80. The number of methoxy groups -OCH3 is 1. The van der Waals surface area contributed by atoms with E-state index < -0.39 is 26.7 Å². The Morgan fingerprint density at radius 1 is 1.03 bits per heavy atom. The molecule has 0 aromatic heterocycles. The highest BCUT2D eigenvalue weighted by molar-refractivity contribution is 7.92. The van der Waals surface area contributed by atoms with Crippen LogP contribution in [0.25, 0.3) is 0 Å². The Kier molecular flexibility index (Phi) is 6.05. The van der Waals surface area contributed by atoms with Crippen molar-refractivity contribution in [1.29, 1.82) is 0 Å². The van der Waals surface area contributed by atoms with Crippen molar-refractivity contribution in [3.8, 4) is 11.5 Å². The molecule has 3 rings (SSSR count). The van der Waals surface area contributed by atoms with Crippen LogP contribution in [0.2, 0.25) is 5.02 Å². The quantitative estimate of drug-likeness (QED) is 0.559. The van der Waals surface area contributed by atoms with Crippen molar-refractivity contribution in [2.45, 2.75) is 4.90 Å². The summed E-state index contributed by atoms with van der Waals surface area (Å²) in [7, 11) is -3.28. The van der Waals surface area contributed by atoms with Crippen molar-refractivity contribution in [3.63, 3.8) is 0 Å². The number of esters is 1. The predicted octanol–water partition coefficient (Wildman–Crippen LogP) is 4.86. The number of halogens is 2. The van der Waals surface area contributed by atoms with Gasteiger partial charge in [-0.1, -0.05) is 29.8 Å². The minimum Gasteiger partial charge on any atom is -0.465 e. The van der Waals surface area contributed by atoms with E-state index in [-0.39, 0.29) is 22.0 Å². The van der Waals surface area contributed by atoms with E-state index in [1.807, 2.05) is 0 Å². The van der Waals surface area contributed by atoms with Gasteiger partial charge in [-0.2, -0.15) is 0 Å². The van der Waals surface area contributed by atoms with E-state index in [0.717, 1.165) is 25.3 Å². The van der Waals surface area contributed by atoms with Gasteiger partial charge in [0.15, 0.2) is 5.75 Å². The van der Waals surface area contributed by atoms with Crippen molar-refractivity contribution in [2.24, 2.45) is 0 Å². The number of hydrogen-bond donors (Lipinski definition) is 1. The first-order valence-corrected chi connectivity index (χ1v) is 10.1. The maximum absolute atomic E-state index is 14.2. The predicted molar refractivity (Wildman–Crippen MR) is 107 cm³/mol. The molecule has 0 heterocycles. The zero-order valence-corrected chi connectivity index (χ0v) is 16.6. The molecule has 150 valence electrons. The number of anilines is 1. The maximum atomic E-state index is 14.2. The molecule has 0 saturated carbocycles. The molecule has 3 aromatic carbocycles. The molecule has 6 nitrogen and oxygen atoms in total. The van der Waals surface area contributed by atoms with E-state index in [9.17, 15) is 17.6 Å². The molecule has 3 aromatic rings. The topological polar surface area (TPSA) is 81.7 Å². The molecule has 0 amide bonds. The molecule has 0 radical (unpaired) electrons. The van der Waals surface area contributed by atoms with E-state index in [1.54, 1.807) is 30.3 Å². The molecule has 29 heavy (non-hydrogen) atoms. The number of rotatable bonds is 6. The Labute approximate surface area is 171 Å². The zero-order chi connectivity index (χ0) is 21.0. The largest absolute Gasteiger partial charge is 0.465 e. The molecule has 0 saturated heterocycles. The second kappa shape index (κ2) is 8.50. The zero-order valence-electron chi connectivity index (χ0n) is 15.1. The lowest BCUT2D eigenvalue weighted by Crippen LogP contribution is -2.16. The van der Waals surface area contributed by atoms with Crippen LogP contribution in [0.3, 0.4) is 0 Å². The molecule has 0 aliphatic rings. The third-order valence-corrected chi connectivity index (χ3v) is 5.41. The van der Waals surface area contributed by atoms with Crippen LogP contribution in [-0.2, 0) is 14.8 Å². The number of nitrogens with one attached hydrogen (secondary N) is 1. The first kappa shape index (κ1) is 20.6. The van der Waals surface area contributed by atoms with Crippen LogP contribution in [-0.4, -0.2) is 21.5 Å². The summed E-state index contributed by atoms with van der Waals surface area (Å²) >= 11 is 5.99. The van der Waals surface area contributed by atoms with E-state index in [1.165, 1.54) is 18.2 Å². The van der Waals surface area contributed by atoms with Gasteiger partial charge in [0.2, 0.25) is 0 Å². The van der Waals surface area contributed by atoms with Gasteiger partial charge >= 0.3 is 5.97 Å². The number of sulfonamides is 1. The lowest BCUT2D eigenvalue weighted by Gasteiger charge is -2.14. The number of hydrogen-bond acceptors (Lipinski definition) is 5. The van der Waals surface area contributed by atoms with Crippen LogP contribution in [0, 0.1) is 5.82 Å². The minimum atomic E-state index is -4.41. The van der Waals surface area contributed by atoms with Gasteiger partial charge in [0.05, 0.1) is 18.4 Å². The van der Waals surface area contributed by atoms with Crippen molar-refractivity contribution in [2.75, 3.05) is 11.8 Å². The Balaban J connectivity index is 1.99. The summed E-state index contributed by atoms with van der Waals surface area (Å²) in [6, 6.07) is 15.9. The van der Waals surface area contributed by atoms with Crippen LogP contribution < -0.4 is 9.46 Å². The Hall–Kier alpha value is -3.10. The summed E-state index contributed by atoms with van der Waals surface area (Å²) in [4.78, 5) is 11.0. The number of carbonyl (C=O) groups is 1. The lowest BCUT2D eigenvalue weighted by molar-refractivity contribution is 0.0600. The molecule has 0 atom stereocenters. The summed E-state index contributed by atoms with van der Waals surface area (Å²) in [5.74, 6) is -1.20. The van der Waals surface area contributed by atoms with Gasteiger partial charge in [0.1, 0.15) is 16.5 Å². The Bertz CT molecular complexity index is 1150. The molecule has 0 spiro atoms. The van der Waals surface area contributed by atoms with Gasteiger partial charge in [-0.25, -0.2) is 17.6 Å². The molecule has 0 aliphatic heterocycles. The fraction of sp³-hybridized carbons (Fsp3) is 0.0500. The van der Waals surface area contributed by atoms with Crippen molar-refractivity contribution in [3.05, 3.63) is 83.1 Å². The van der Waals surface area contributed by atoms with Crippen molar-refractivity contribution >= 4 is 33.3 Å². The lowest BCUT2D eigenvalue weighted by atomic mass is 10.2. The number of para-hydroxylation sites is 1.